The van der Waals surface area contributed by atoms with Gasteiger partial charge in [0.15, 0.2) is 6.61 Å². The summed E-state index contributed by atoms with van der Waals surface area (Å²) in [6, 6.07) is 15.8. The van der Waals surface area contributed by atoms with Crippen LogP contribution in [0, 0.1) is 20.8 Å². The summed E-state index contributed by atoms with van der Waals surface area (Å²) in [6.07, 6.45) is 0. The lowest BCUT2D eigenvalue weighted by molar-refractivity contribution is 0.0474. The first-order chi connectivity index (χ1) is 16.0. The van der Waals surface area contributed by atoms with E-state index in [2.05, 4.69) is 0 Å². The zero-order valence-corrected chi connectivity index (χ0v) is 20.6. The standard InChI is InChI=1S/C26H27NO6S/c1-17-13-19(3)24(14-18(17)2)25(28)16-33-26(29)20-7-6-8-23(15-20)34(30,31)27(4)21-9-11-22(32-5)12-10-21/h6-15H,16H2,1-5H3. The molecule has 8 heteroatoms. The van der Waals surface area contributed by atoms with Gasteiger partial charge in [0.05, 0.1) is 23.3 Å². The maximum absolute atomic E-state index is 13.1. The molecule has 0 aliphatic rings. The van der Waals surface area contributed by atoms with Gasteiger partial charge in [0.2, 0.25) is 5.78 Å². The number of carbonyl (C=O) groups is 2. The Kier molecular flexibility index (Phi) is 7.41. The number of hydrogen-bond donors (Lipinski definition) is 0. The van der Waals surface area contributed by atoms with Gasteiger partial charge < -0.3 is 9.47 Å². The molecule has 0 aliphatic carbocycles. The lowest BCUT2D eigenvalue weighted by atomic mass is 9.98. The predicted molar refractivity (Wildman–Crippen MR) is 130 cm³/mol. The number of rotatable bonds is 8. The third-order valence-corrected chi connectivity index (χ3v) is 7.42. The van der Waals surface area contributed by atoms with Crippen LogP contribution in [0.2, 0.25) is 0 Å². The van der Waals surface area contributed by atoms with Crippen molar-refractivity contribution in [1.82, 2.24) is 0 Å². The summed E-state index contributed by atoms with van der Waals surface area (Å²) in [5, 5.41) is 0. The minimum absolute atomic E-state index is 0.0359. The van der Waals surface area contributed by atoms with Crippen LogP contribution in [0.3, 0.4) is 0 Å². The van der Waals surface area contributed by atoms with E-state index in [1.165, 1.54) is 38.4 Å². The second-order valence-electron chi connectivity index (χ2n) is 7.95. The van der Waals surface area contributed by atoms with Crippen LogP contribution in [0.4, 0.5) is 5.69 Å². The summed E-state index contributed by atoms with van der Waals surface area (Å²) in [7, 11) is -0.991. The fraction of sp³-hybridized carbons (Fsp3) is 0.231. The molecular formula is C26H27NO6S. The van der Waals surface area contributed by atoms with Crippen LogP contribution in [-0.4, -0.2) is 40.9 Å². The average molecular weight is 482 g/mol. The summed E-state index contributed by atoms with van der Waals surface area (Å²) in [4.78, 5) is 25.1. The van der Waals surface area contributed by atoms with E-state index in [4.69, 9.17) is 9.47 Å². The maximum atomic E-state index is 13.1. The van der Waals surface area contributed by atoms with Crippen LogP contribution in [-0.2, 0) is 14.8 Å². The number of ketones is 1. The van der Waals surface area contributed by atoms with Gasteiger partial charge in [-0.3, -0.25) is 9.10 Å². The number of anilines is 1. The van der Waals surface area contributed by atoms with E-state index < -0.39 is 22.6 Å². The van der Waals surface area contributed by atoms with E-state index in [1.807, 2.05) is 26.8 Å². The van der Waals surface area contributed by atoms with Crippen molar-refractivity contribution >= 4 is 27.5 Å². The summed E-state index contributed by atoms with van der Waals surface area (Å²) in [6.45, 7) is 5.26. The van der Waals surface area contributed by atoms with E-state index in [0.29, 0.717) is 17.0 Å². The number of esters is 1. The summed E-state index contributed by atoms with van der Waals surface area (Å²) in [5.74, 6) is -0.499. The van der Waals surface area contributed by atoms with Crippen molar-refractivity contribution in [3.05, 3.63) is 88.5 Å². The van der Waals surface area contributed by atoms with E-state index in [-0.39, 0.29) is 16.2 Å². The molecule has 0 atom stereocenters. The summed E-state index contributed by atoms with van der Waals surface area (Å²) in [5.41, 5.74) is 3.81. The molecule has 0 spiro atoms. The number of Topliss-reactive ketones (excluding diaryl/α,β-unsaturated/α-hetero) is 1. The van der Waals surface area contributed by atoms with Gasteiger partial charge in [0.1, 0.15) is 5.75 Å². The lowest BCUT2D eigenvalue weighted by Gasteiger charge is -2.20. The van der Waals surface area contributed by atoms with Gasteiger partial charge in [-0.1, -0.05) is 12.1 Å². The Balaban J connectivity index is 1.75. The summed E-state index contributed by atoms with van der Waals surface area (Å²) < 4.78 is 37.6. The van der Waals surface area contributed by atoms with Gasteiger partial charge in [-0.2, -0.15) is 0 Å². The van der Waals surface area contributed by atoms with E-state index in [1.54, 1.807) is 30.3 Å². The smallest absolute Gasteiger partial charge is 0.338 e. The maximum Gasteiger partial charge on any atom is 0.338 e. The molecule has 3 rings (SSSR count). The van der Waals surface area contributed by atoms with Gasteiger partial charge >= 0.3 is 5.97 Å². The Morgan fingerprint density at radius 3 is 2.18 bits per heavy atom. The van der Waals surface area contributed by atoms with Gasteiger partial charge in [-0.25, -0.2) is 13.2 Å². The zero-order valence-electron chi connectivity index (χ0n) is 19.8. The molecule has 0 N–H and O–H groups in total. The first-order valence-electron chi connectivity index (χ1n) is 10.6. The molecule has 0 unspecified atom stereocenters. The number of benzene rings is 3. The summed E-state index contributed by atoms with van der Waals surface area (Å²) >= 11 is 0. The van der Waals surface area contributed by atoms with E-state index in [0.717, 1.165) is 21.0 Å². The molecule has 0 saturated carbocycles. The highest BCUT2D eigenvalue weighted by Crippen LogP contribution is 2.25. The molecule has 0 heterocycles. The average Bonchev–Trinajstić information content (AvgIpc) is 2.84. The van der Waals surface area contributed by atoms with E-state index >= 15 is 0 Å². The van der Waals surface area contributed by atoms with Crippen LogP contribution < -0.4 is 9.04 Å². The fourth-order valence-electron chi connectivity index (χ4n) is 3.43. The van der Waals surface area contributed by atoms with Crippen molar-refractivity contribution in [1.29, 1.82) is 0 Å². The third kappa shape index (κ3) is 5.28. The van der Waals surface area contributed by atoms with Crippen LogP contribution >= 0.6 is 0 Å². The molecule has 0 radical (unpaired) electrons. The number of hydrogen-bond acceptors (Lipinski definition) is 6. The first-order valence-corrected chi connectivity index (χ1v) is 12.0. The molecule has 7 nitrogen and oxygen atoms in total. The van der Waals surface area contributed by atoms with Gasteiger partial charge in [-0.05, 0) is 86.0 Å². The van der Waals surface area contributed by atoms with Crippen molar-refractivity contribution < 1.29 is 27.5 Å². The van der Waals surface area contributed by atoms with E-state index in [9.17, 15) is 18.0 Å². The highest BCUT2D eigenvalue weighted by molar-refractivity contribution is 7.92. The first kappa shape index (κ1) is 25.0. The number of nitrogens with zero attached hydrogens (tertiary/aromatic N) is 1. The number of carbonyl (C=O) groups excluding carboxylic acids is 2. The van der Waals surface area contributed by atoms with Crippen molar-refractivity contribution in [2.75, 3.05) is 25.1 Å². The van der Waals surface area contributed by atoms with Crippen LogP contribution in [0.25, 0.3) is 0 Å². The van der Waals surface area contributed by atoms with Gasteiger partial charge in [0.25, 0.3) is 10.0 Å². The Bertz CT molecular complexity index is 1330. The monoisotopic (exact) mass is 481 g/mol. The SMILES string of the molecule is COc1ccc(N(C)S(=O)(=O)c2cccc(C(=O)OCC(=O)c3cc(C)c(C)cc3C)c2)cc1. The Morgan fingerprint density at radius 2 is 1.53 bits per heavy atom. The van der Waals surface area contributed by atoms with Crippen LogP contribution in [0.1, 0.15) is 37.4 Å². The molecule has 0 aliphatic heterocycles. The fourth-order valence-corrected chi connectivity index (χ4v) is 4.67. The Labute approximate surface area is 200 Å². The molecule has 34 heavy (non-hydrogen) atoms. The van der Waals surface area contributed by atoms with Gasteiger partial charge in [-0.15, -0.1) is 0 Å². The molecule has 0 saturated heterocycles. The molecule has 0 aromatic heterocycles. The molecule has 178 valence electrons. The van der Waals surface area contributed by atoms with Crippen molar-refractivity contribution in [2.45, 2.75) is 25.7 Å². The number of ether oxygens (including phenoxy) is 2. The largest absolute Gasteiger partial charge is 0.497 e. The van der Waals surface area contributed by atoms with Crippen molar-refractivity contribution in [3.8, 4) is 5.75 Å². The molecule has 3 aromatic carbocycles. The predicted octanol–water partition coefficient (Wildman–Crippen LogP) is 4.49. The molecule has 0 amide bonds. The zero-order chi connectivity index (χ0) is 25.0. The molecule has 0 bridgehead atoms. The minimum atomic E-state index is -3.94. The quantitative estimate of drug-likeness (QED) is 0.348. The normalized spacial score (nSPS) is 11.1. The highest BCUT2D eigenvalue weighted by atomic mass is 32.2. The lowest BCUT2D eigenvalue weighted by Crippen LogP contribution is -2.26. The van der Waals surface area contributed by atoms with Crippen molar-refractivity contribution in [3.63, 3.8) is 0 Å². The van der Waals surface area contributed by atoms with Crippen LogP contribution in [0.5, 0.6) is 5.75 Å². The highest BCUT2D eigenvalue weighted by Gasteiger charge is 2.23. The second-order valence-corrected chi connectivity index (χ2v) is 9.92. The second kappa shape index (κ2) is 10.1. The Hall–Kier alpha value is -3.65. The number of aryl methyl sites for hydroxylation is 3. The topological polar surface area (TPSA) is 90.0 Å². The molecule has 3 aromatic rings. The molecular weight excluding hydrogens is 454 g/mol. The Morgan fingerprint density at radius 1 is 0.882 bits per heavy atom. The third-order valence-electron chi connectivity index (χ3n) is 5.64. The number of methoxy groups -OCH3 is 1. The van der Waals surface area contributed by atoms with Crippen molar-refractivity contribution in [2.24, 2.45) is 0 Å². The minimum Gasteiger partial charge on any atom is -0.497 e. The van der Waals surface area contributed by atoms with Gasteiger partial charge in [0, 0.05) is 12.6 Å². The molecule has 0 fully saturated rings. The number of sulfonamides is 1. The van der Waals surface area contributed by atoms with Crippen LogP contribution in [0.15, 0.2) is 65.6 Å².